The van der Waals surface area contributed by atoms with Crippen LogP contribution in [-0.4, -0.2) is 26.6 Å². The van der Waals surface area contributed by atoms with E-state index in [1.807, 2.05) is 19.1 Å². The number of aliphatic hydroxyl groups is 1. The maximum Gasteiger partial charge on any atom is 0.251 e. The molecular weight excluding hydrogens is 364 g/mol. The summed E-state index contributed by atoms with van der Waals surface area (Å²) < 4.78 is 0. The van der Waals surface area contributed by atoms with E-state index in [0.29, 0.717) is 23.1 Å². The van der Waals surface area contributed by atoms with E-state index in [1.165, 1.54) is 6.07 Å². The fourth-order valence-electron chi connectivity index (χ4n) is 2.65. The summed E-state index contributed by atoms with van der Waals surface area (Å²) in [5.74, 6) is 1.10. The molecule has 1 unspecified atom stereocenters. The molecule has 0 saturated heterocycles. The molecule has 3 aromatic rings. The van der Waals surface area contributed by atoms with E-state index in [1.54, 1.807) is 37.4 Å². The first-order valence-electron chi connectivity index (χ1n) is 8.66. The van der Waals surface area contributed by atoms with Gasteiger partial charge in [-0.3, -0.25) is 4.79 Å². The second kappa shape index (κ2) is 7.90. The van der Waals surface area contributed by atoms with Gasteiger partial charge in [0.15, 0.2) is 0 Å². The number of rotatable bonds is 6. The number of anilines is 1. The van der Waals surface area contributed by atoms with Crippen molar-refractivity contribution in [2.75, 3.05) is 11.9 Å². The van der Waals surface area contributed by atoms with Crippen molar-refractivity contribution >= 4 is 17.4 Å². The highest BCUT2D eigenvalue weighted by atomic mass is 35.5. The zero-order valence-electron chi connectivity index (χ0n) is 15.2. The van der Waals surface area contributed by atoms with Crippen LogP contribution in [0.15, 0.2) is 53.5 Å². The van der Waals surface area contributed by atoms with Crippen LogP contribution in [0.3, 0.4) is 0 Å². The summed E-state index contributed by atoms with van der Waals surface area (Å²) in [5.41, 5.74) is 0.880. The van der Waals surface area contributed by atoms with Gasteiger partial charge in [-0.25, -0.2) is 9.97 Å². The average Bonchev–Trinajstić information content (AvgIpc) is 2.66. The number of aromatic amines is 1. The number of H-pyrrole nitrogens is 1. The first-order valence-corrected chi connectivity index (χ1v) is 9.04. The lowest BCUT2D eigenvalue weighted by molar-refractivity contribution is 0.0714. The summed E-state index contributed by atoms with van der Waals surface area (Å²) >= 11 is 6.00. The highest BCUT2D eigenvalue weighted by molar-refractivity contribution is 6.30. The van der Waals surface area contributed by atoms with Crippen LogP contribution in [0.4, 0.5) is 5.82 Å². The molecule has 6 nitrogen and oxygen atoms in total. The number of halogens is 1. The molecular formula is C20H21ClN4O2. The third-order valence-corrected chi connectivity index (χ3v) is 4.49. The molecule has 0 spiro atoms. The SMILES string of the molecule is CCc1cc(=O)[nH]c(-c2ccc(NCC(C)(O)c3cccc(Cl)c3)nc2)n1. The van der Waals surface area contributed by atoms with Gasteiger partial charge < -0.3 is 15.4 Å². The molecule has 0 bridgehead atoms. The number of benzene rings is 1. The van der Waals surface area contributed by atoms with Gasteiger partial charge in [-0.05, 0) is 43.2 Å². The van der Waals surface area contributed by atoms with Gasteiger partial charge in [-0.2, -0.15) is 0 Å². The van der Waals surface area contributed by atoms with Gasteiger partial charge in [0.05, 0.1) is 0 Å². The molecule has 0 radical (unpaired) electrons. The Balaban J connectivity index is 1.73. The zero-order valence-corrected chi connectivity index (χ0v) is 15.9. The lowest BCUT2D eigenvalue weighted by Gasteiger charge is -2.24. The summed E-state index contributed by atoms with van der Waals surface area (Å²) in [4.78, 5) is 23.2. The van der Waals surface area contributed by atoms with Crippen LogP contribution in [0.1, 0.15) is 25.1 Å². The molecule has 27 heavy (non-hydrogen) atoms. The Bertz CT molecular complexity index is 984. The predicted octanol–water partition coefficient (Wildman–Crippen LogP) is 3.37. The molecule has 2 heterocycles. The van der Waals surface area contributed by atoms with E-state index >= 15 is 0 Å². The Labute approximate surface area is 162 Å². The molecule has 7 heteroatoms. The number of hydrogen-bond donors (Lipinski definition) is 3. The first-order chi connectivity index (χ1) is 12.9. The van der Waals surface area contributed by atoms with Crippen LogP contribution < -0.4 is 10.9 Å². The van der Waals surface area contributed by atoms with Gasteiger partial charge in [0, 0.05) is 35.1 Å². The average molecular weight is 385 g/mol. The maximum absolute atomic E-state index is 11.7. The molecule has 0 aliphatic carbocycles. The van der Waals surface area contributed by atoms with Crippen LogP contribution in [0.25, 0.3) is 11.4 Å². The quantitative estimate of drug-likeness (QED) is 0.606. The Morgan fingerprint density at radius 3 is 2.74 bits per heavy atom. The highest BCUT2D eigenvalue weighted by Gasteiger charge is 2.23. The minimum Gasteiger partial charge on any atom is -0.384 e. The second-order valence-corrected chi connectivity index (χ2v) is 6.95. The van der Waals surface area contributed by atoms with Crippen LogP contribution >= 0.6 is 11.6 Å². The van der Waals surface area contributed by atoms with E-state index in [-0.39, 0.29) is 12.1 Å². The first kappa shape index (κ1) is 19.1. The summed E-state index contributed by atoms with van der Waals surface area (Å²) in [7, 11) is 0. The topological polar surface area (TPSA) is 90.9 Å². The Hall–Kier alpha value is -2.70. The molecule has 0 aliphatic heterocycles. The number of pyridine rings is 1. The minimum atomic E-state index is -1.10. The Morgan fingerprint density at radius 1 is 1.26 bits per heavy atom. The van der Waals surface area contributed by atoms with Crippen molar-refractivity contribution in [2.45, 2.75) is 25.9 Å². The van der Waals surface area contributed by atoms with E-state index in [4.69, 9.17) is 11.6 Å². The zero-order chi connectivity index (χ0) is 19.4. The van der Waals surface area contributed by atoms with Crippen LogP contribution in [-0.2, 0) is 12.0 Å². The second-order valence-electron chi connectivity index (χ2n) is 6.51. The largest absolute Gasteiger partial charge is 0.384 e. The van der Waals surface area contributed by atoms with Crippen LogP contribution in [0.2, 0.25) is 5.02 Å². The van der Waals surface area contributed by atoms with Crippen molar-refractivity contribution in [3.8, 4) is 11.4 Å². The number of aryl methyl sites for hydroxylation is 1. The standard InChI is InChI=1S/C20H21ClN4O2/c1-3-16-10-18(26)25-19(24-16)13-7-8-17(22-11-13)23-12-20(2,27)14-5-4-6-15(21)9-14/h4-11,27H,3,12H2,1-2H3,(H,22,23)(H,24,25,26). The summed E-state index contributed by atoms with van der Waals surface area (Å²) in [6, 6.07) is 12.2. The molecule has 140 valence electrons. The molecule has 1 atom stereocenters. The van der Waals surface area contributed by atoms with E-state index in [2.05, 4.69) is 20.3 Å². The third kappa shape index (κ3) is 4.72. The molecule has 2 aromatic heterocycles. The van der Waals surface area contributed by atoms with E-state index in [9.17, 15) is 9.90 Å². The number of nitrogens with one attached hydrogen (secondary N) is 2. The van der Waals surface area contributed by atoms with Gasteiger partial charge >= 0.3 is 0 Å². The highest BCUT2D eigenvalue weighted by Crippen LogP contribution is 2.24. The lowest BCUT2D eigenvalue weighted by atomic mass is 9.96. The number of aromatic nitrogens is 3. The third-order valence-electron chi connectivity index (χ3n) is 4.25. The van der Waals surface area contributed by atoms with Gasteiger partial charge in [-0.1, -0.05) is 30.7 Å². The molecule has 1 aromatic carbocycles. The van der Waals surface area contributed by atoms with Gasteiger partial charge in [0.25, 0.3) is 5.56 Å². The van der Waals surface area contributed by atoms with Crippen molar-refractivity contribution in [1.82, 2.24) is 15.0 Å². The number of nitrogens with zero attached hydrogens (tertiary/aromatic N) is 2. The van der Waals surface area contributed by atoms with Crippen LogP contribution in [0, 0.1) is 0 Å². The fraction of sp³-hybridized carbons (Fsp3) is 0.250. The maximum atomic E-state index is 11.7. The van der Waals surface area contributed by atoms with Gasteiger partial charge in [0.1, 0.15) is 17.2 Å². The molecule has 3 rings (SSSR count). The normalized spacial score (nSPS) is 13.2. The molecule has 0 aliphatic rings. The van der Waals surface area contributed by atoms with Crippen molar-refractivity contribution in [3.05, 3.63) is 75.3 Å². The van der Waals surface area contributed by atoms with Gasteiger partial charge in [-0.15, -0.1) is 0 Å². The molecule has 0 fully saturated rings. The van der Waals surface area contributed by atoms with Crippen molar-refractivity contribution in [1.29, 1.82) is 0 Å². The van der Waals surface area contributed by atoms with Gasteiger partial charge in [0.2, 0.25) is 0 Å². The summed E-state index contributed by atoms with van der Waals surface area (Å²) in [6.07, 6.45) is 2.32. The van der Waals surface area contributed by atoms with Crippen LogP contribution in [0.5, 0.6) is 0 Å². The molecule has 0 amide bonds. The molecule has 3 N–H and O–H groups in total. The van der Waals surface area contributed by atoms with E-state index < -0.39 is 5.60 Å². The minimum absolute atomic E-state index is 0.184. The monoisotopic (exact) mass is 384 g/mol. The van der Waals surface area contributed by atoms with Crippen molar-refractivity contribution in [2.24, 2.45) is 0 Å². The number of hydrogen-bond acceptors (Lipinski definition) is 5. The van der Waals surface area contributed by atoms with E-state index in [0.717, 1.165) is 16.8 Å². The fourth-order valence-corrected chi connectivity index (χ4v) is 2.84. The predicted molar refractivity (Wildman–Crippen MR) is 107 cm³/mol. The Kier molecular flexibility index (Phi) is 5.58. The van der Waals surface area contributed by atoms with Crippen molar-refractivity contribution < 1.29 is 5.11 Å². The smallest absolute Gasteiger partial charge is 0.251 e. The Morgan fingerprint density at radius 2 is 2.07 bits per heavy atom. The summed E-state index contributed by atoms with van der Waals surface area (Å²) in [6.45, 7) is 3.92. The lowest BCUT2D eigenvalue weighted by Crippen LogP contribution is -2.30. The summed E-state index contributed by atoms with van der Waals surface area (Å²) in [5, 5.41) is 14.4. The van der Waals surface area contributed by atoms with Crippen molar-refractivity contribution in [3.63, 3.8) is 0 Å². The molecule has 0 saturated carbocycles.